The van der Waals surface area contributed by atoms with E-state index >= 15 is 52.7 Å². The van der Waals surface area contributed by atoms with Crippen LogP contribution in [-0.2, 0) is 24.7 Å². The van der Waals surface area contributed by atoms with Gasteiger partial charge in [0.05, 0.1) is 78.0 Å². The van der Waals surface area contributed by atoms with Gasteiger partial charge in [-0.3, -0.25) is 0 Å². The molecule has 0 amide bonds. The molecule has 17 heteroatoms. The van der Waals surface area contributed by atoms with Gasteiger partial charge >= 0.3 is 24.7 Å². The number of hydrogen-bond acceptors (Lipinski definition) is 2. The Labute approximate surface area is 458 Å². The summed E-state index contributed by atoms with van der Waals surface area (Å²) in [6.45, 7) is 0. The Morgan fingerprint density at radius 1 is 0.305 bits per heavy atom. The standard InChI is InChI=1S/C65H32F12N4S/c66-62(67,68)36-19-23-41-42-24-20-37(63(69,70)71)28-51(42)80(50(41)27-36)59-57(34-11-3-1-4-12-34)48(33-78)58(35-13-5-2-6-14-35)60(81-52-29-38(64(72,73)74)21-25-43(52)44-26-22-39(30-53(44)81)65(75,76)77)61(59)79-49-17-9-7-15-40(49)46-31-47-45-16-8-10-18-55(45)82-56(47)32-54(46)79/h1-32H. The lowest BCUT2D eigenvalue weighted by Gasteiger charge is -2.29. The number of fused-ring (bicyclic) bond motifs is 12. The van der Waals surface area contributed by atoms with Gasteiger partial charge in [0, 0.05) is 63.6 Å². The van der Waals surface area contributed by atoms with Gasteiger partial charge < -0.3 is 13.7 Å². The predicted octanol–water partition coefficient (Wildman–Crippen LogP) is 20.6. The molecule has 0 radical (unpaired) electrons. The lowest BCUT2D eigenvalue weighted by atomic mass is 9.87. The number of aromatic nitrogens is 3. The number of benzene rings is 10. The number of rotatable bonds is 5. The molecule has 0 aliphatic heterocycles. The van der Waals surface area contributed by atoms with Crippen LogP contribution in [0.5, 0.6) is 0 Å². The molecule has 0 unspecified atom stereocenters. The topological polar surface area (TPSA) is 38.6 Å². The molecular formula is C65H32F12N4S. The van der Waals surface area contributed by atoms with Gasteiger partial charge in [-0.05, 0) is 83.9 Å². The van der Waals surface area contributed by atoms with E-state index in [0.29, 0.717) is 21.8 Å². The van der Waals surface area contributed by atoms with Crippen molar-refractivity contribution in [3.8, 4) is 45.4 Å². The molecule has 0 bridgehead atoms. The number of para-hydroxylation sites is 1. The van der Waals surface area contributed by atoms with E-state index in [4.69, 9.17) is 0 Å². The number of thiophene rings is 1. The summed E-state index contributed by atoms with van der Waals surface area (Å²) in [5.41, 5.74) is -5.74. The molecule has 0 aliphatic carbocycles. The lowest BCUT2D eigenvalue weighted by Crippen LogP contribution is -2.15. The Hall–Kier alpha value is -9.53. The van der Waals surface area contributed by atoms with Crippen LogP contribution in [0.2, 0.25) is 0 Å². The SMILES string of the molecule is N#Cc1c(-c2ccccc2)c(-n2c3cc(C(F)(F)F)ccc3c3ccc(C(F)(F)F)cc32)c(-n2c3ccccc3c3cc4c(cc32)sc2ccccc24)c(-n2c3cc(C(F)(F)F)ccc3c3ccc(C(F)(F)F)cc32)c1-c1ccccc1. The average molecular weight is 1130 g/mol. The van der Waals surface area contributed by atoms with Crippen LogP contribution in [0.15, 0.2) is 194 Å². The number of nitrogens with zero attached hydrogens (tertiary/aromatic N) is 4. The Morgan fingerprint density at radius 3 is 1.07 bits per heavy atom. The van der Waals surface area contributed by atoms with Crippen LogP contribution in [0.1, 0.15) is 27.8 Å². The summed E-state index contributed by atoms with van der Waals surface area (Å²) in [7, 11) is 0. The molecule has 82 heavy (non-hydrogen) atoms. The van der Waals surface area contributed by atoms with Crippen molar-refractivity contribution in [2.24, 2.45) is 0 Å². The van der Waals surface area contributed by atoms with Crippen molar-refractivity contribution in [3.05, 3.63) is 222 Å². The van der Waals surface area contributed by atoms with Crippen LogP contribution in [0.25, 0.3) is 125 Å². The molecular weight excluding hydrogens is 1100 g/mol. The Kier molecular flexibility index (Phi) is 11.0. The number of hydrogen-bond donors (Lipinski definition) is 0. The van der Waals surface area contributed by atoms with Gasteiger partial charge in [-0.1, -0.05) is 121 Å². The number of halogens is 12. The summed E-state index contributed by atoms with van der Waals surface area (Å²) in [5.74, 6) is 0. The molecule has 4 aromatic heterocycles. The molecule has 4 heterocycles. The fraction of sp³-hybridized carbons (Fsp3) is 0.0615. The third kappa shape index (κ3) is 7.68. The summed E-state index contributed by atoms with van der Waals surface area (Å²) < 4.78 is 189. The summed E-state index contributed by atoms with van der Waals surface area (Å²) >= 11 is 1.43. The number of alkyl halides is 12. The maximum atomic E-state index is 15.3. The second kappa shape index (κ2) is 17.7. The van der Waals surface area contributed by atoms with Gasteiger partial charge in [-0.2, -0.15) is 57.9 Å². The van der Waals surface area contributed by atoms with Crippen LogP contribution >= 0.6 is 11.3 Å². The smallest absolute Gasteiger partial charge is 0.306 e. The fourth-order valence-electron chi connectivity index (χ4n) is 11.9. The Balaban J connectivity index is 1.36. The third-order valence-electron chi connectivity index (χ3n) is 15.3. The molecule has 0 N–H and O–H groups in total. The molecule has 0 spiro atoms. The molecule has 14 aromatic rings. The summed E-state index contributed by atoms with van der Waals surface area (Å²) in [4.78, 5) is 0. The van der Waals surface area contributed by atoms with E-state index in [1.54, 1.807) is 83.4 Å². The average Bonchev–Trinajstić information content (AvgIpc) is 2.42. The van der Waals surface area contributed by atoms with Crippen LogP contribution in [0, 0.1) is 11.3 Å². The van der Waals surface area contributed by atoms with E-state index in [-0.39, 0.29) is 88.5 Å². The predicted molar refractivity (Wildman–Crippen MR) is 298 cm³/mol. The molecule has 0 saturated heterocycles. The van der Waals surface area contributed by atoms with Crippen molar-refractivity contribution in [2.45, 2.75) is 24.7 Å². The molecule has 0 saturated carbocycles. The van der Waals surface area contributed by atoms with Crippen LogP contribution in [0.4, 0.5) is 52.7 Å². The maximum absolute atomic E-state index is 15.3. The lowest BCUT2D eigenvalue weighted by molar-refractivity contribution is -0.138. The summed E-state index contributed by atoms with van der Waals surface area (Å²) in [6, 6.07) is 47.9. The zero-order valence-corrected chi connectivity index (χ0v) is 42.5. The zero-order chi connectivity index (χ0) is 56.9. The molecule has 4 nitrogen and oxygen atoms in total. The minimum absolute atomic E-state index is 0.0454. The van der Waals surface area contributed by atoms with Crippen LogP contribution in [0.3, 0.4) is 0 Å². The Morgan fingerprint density at radius 2 is 0.659 bits per heavy atom. The van der Waals surface area contributed by atoms with Gasteiger partial charge in [0.1, 0.15) is 6.07 Å². The first-order valence-corrected chi connectivity index (χ1v) is 26.1. The first-order valence-electron chi connectivity index (χ1n) is 25.2. The second-order valence-corrected chi connectivity index (χ2v) is 21.0. The monoisotopic (exact) mass is 1130 g/mol. The van der Waals surface area contributed by atoms with Crippen molar-refractivity contribution in [3.63, 3.8) is 0 Å². The highest BCUT2D eigenvalue weighted by Crippen LogP contribution is 2.54. The van der Waals surface area contributed by atoms with E-state index in [2.05, 4.69) is 6.07 Å². The van der Waals surface area contributed by atoms with Crippen molar-refractivity contribution in [1.29, 1.82) is 5.26 Å². The molecule has 0 aliphatic rings. The normalized spacial score (nSPS) is 12.9. The molecule has 10 aromatic carbocycles. The largest absolute Gasteiger partial charge is 0.416 e. The first-order chi connectivity index (χ1) is 39.2. The van der Waals surface area contributed by atoms with E-state index < -0.39 is 47.0 Å². The third-order valence-corrected chi connectivity index (χ3v) is 16.5. The van der Waals surface area contributed by atoms with Gasteiger partial charge in [0.15, 0.2) is 0 Å². The molecule has 14 rings (SSSR count). The van der Waals surface area contributed by atoms with Crippen LogP contribution < -0.4 is 0 Å². The van der Waals surface area contributed by atoms with Crippen molar-refractivity contribution < 1.29 is 52.7 Å². The second-order valence-electron chi connectivity index (χ2n) is 19.9. The quantitative estimate of drug-likeness (QED) is 0.158. The fourth-order valence-corrected chi connectivity index (χ4v) is 13.0. The highest BCUT2D eigenvalue weighted by Gasteiger charge is 2.39. The highest BCUT2D eigenvalue weighted by atomic mass is 32.1. The van der Waals surface area contributed by atoms with Gasteiger partial charge in [-0.25, -0.2) is 0 Å². The van der Waals surface area contributed by atoms with E-state index in [1.165, 1.54) is 20.5 Å². The Bertz CT molecular complexity index is 4690. The van der Waals surface area contributed by atoms with E-state index in [9.17, 15) is 5.26 Å². The van der Waals surface area contributed by atoms with Crippen molar-refractivity contribution in [2.75, 3.05) is 0 Å². The molecule has 0 fully saturated rings. The van der Waals surface area contributed by atoms with Gasteiger partial charge in [0.2, 0.25) is 0 Å². The highest BCUT2D eigenvalue weighted by molar-refractivity contribution is 7.25. The summed E-state index contributed by atoms with van der Waals surface area (Å²) in [6.07, 6.45) is -20.1. The maximum Gasteiger partial charge on any atom is 0.416 e. The van der Waals surface area contributed by atoms with E-state index in [1.807, 2.05) is 42.5 Å². The minimum atomic E-state index is -5.03. The van der Waals surface area contributed by atoms with E-state index in [0.717, 1.165) is 93.0 Å². The van der Waals surface area contributed by atoms with Crippen molar-refractivity contribution in [1.82, 2.24) is 13.7 Å². The first kappa shape index (κ1) is 50.7. The number of nitriles is 1. The minimum Gasteiger partial charge on any atom is -0.306 e. The van der Waals surface area contributed by atoms with Gasteiger partial charge in [0.25, 0.3) is 0 Å². The van der Waals surface area contributed by atoms with Crippen LogP contribution in [-0.4, -0.2) is 13.7 Å². The zero-order valence-electron chi connectivity index (χ0n) is 41.7. The molecule has 402 valence electrons. The molecule has 0 atom stereocenters. The van der Waals surface area contributed by atoms with Crippen molar-refractivity contribution >= 4 is 96.9 Å². The summed E-state index contributed by atoms with van der Waals surface area (Å²) in [5, 5.41) is 15.2. The van der Waals surface area contributed by atoms with Gasteiger partial charge in [-0.15, -0.1) is 11.3 Å².